The lowest BCUT2D eigenvalue weighted by molar-refractivity contribution is 0.0326. The van der Waals surface area contributed by atoms with Crippen molar-refractivity contribution in [2.45, 2.75) is 121 Å². The van der Waals surface area contributed by atoms with Crippen molar-refractivity contribution in [3.63, 3.8) is 0 Å². The van der Waals surface area contributed by atoms with Crippen LogP contribution in [0.3, 0.4) is 0 Å². The van der Waals surface area contributed by atoms with E-state index in [-0.39, 0.29) is 5.92 Å². The van der Waals surface area contributed by atoms with Crippen LogP contribution in [0, 0.1) is 6.42 Å². The van der Waals surface area contributed by atoms with Gasteiger partial charge in [0.1, 0.15) is 0 Å². The maximum atomic E-state index is 11.2. The van der Waals surface area contributed by atoms with Gasteiger partial charge in [-0.3, -0.25) is 4.79 Å². The Morgan fingerprint density at radius 2 is 1.30 bits per heavy atom. The molecular weight excluding hydrogens is 368 g/mol. The first-order valence-electron chi connectivity index (χ1n) is 12.8. The summed E-state index contributed by atoms with van der Waals surface area (Å²) in [6.45, 7) is 0.974. The van der Waals surface area contributed by atoms with E-state index in [0.717, 1.165) is 25.0 Å². The number of unbranched alkanes of at least 4 members (excludes halogenated alkanes) is 11. The van der Waals surface area contributed by atoms with Crippen LogP contribution in [0.4, 0.5) is 0 Å². The van der Waals surface area contributed by atoms with Crippen LogP contribution < -0.4 is 0 Å². The molecule has 0 aliphatic heterocycles. The molecule has 30 heavy (non-hydrogen) atoms. The van der Waals surface area contributed by atoms with Crippen molar-refractivity contribution in [1.29, 1.82) is 0 Å². The number of benzene rings is 1. The topological polar surface area (TPSA) is 26.3 Å². The zero-order valence-electron chi connectivity index (χ0n) is 19.2. The number of carbonyl (C=O) groups excluding carboxylic acids is 1. The standard InChI is InChI=1S/C28H44O2/c29-25-27(26-19-14-11-15-20-26)21-13-9-7-5-3-1-2-4-6-8-10-18-24-30-28-22-16-12-17-23-28/h11-12,14-15,19-20,27-28H,1-10,13,16-18,21-24H2. The minimum absolute atomic E-state index is 0.0383. The smallest absolute Gasteiger partial charge is 0.206 e. The molecule has 1 aliphatic carbocycles. The monoisotopic (exact) mass is 412 g/mol. The summed E-state index contributed by atoms with van der Waals surface area (Å²) >= 11 is 0. The lowest BCUT2D eigenvalue weighted by Gasteiger charge is -2.21. The normalized spacial score (nSPS) is 15.9. The third kappa shape index (κ3) is 11.9. The van der Waals surface area contributed by atoms with Crippen LogP contribution in [0.15, 0.2) is 30.3 Å². The molecule has 1 saturated carbocycles. The van der Waals surface area contributed by atoms with Gasteiger partial charge in [-0.05, 0) is 50.5 Å². The Morgan fingerprint density at radius 1 is 0.767 bits per heavy atom. The van der Waals surface area contributed by atoms with Crippen LogP contribution in [0.1, 0.15) is 121 Å². The van der Waals surface area contributed by atoms with Crippen molar-refractivity contribution in [3.8, 4) is 0 Å². The number of hydrogen-bond acceptors (Lipinski definition) is 2. The van der Waals surface area contributed by atoms with Crippen molar-refractivity contribution in [2.24, 2.45) is 0 Å². The minimum atomic E-state index is -0.0383. The van der Waals surface area contributed by atoms with E-state index in [9.17, 15) is 4.79 Å². The fourth-order valence-electron chi connectivity index (χ4n) is 4.51. The molecule has 1 atom stereocenters. The van der Waals surface area contributed by atoms with Gasteiger partial charge >= 0.3 is 0 Å². The van der Waals surface area contributed by atoms with Crippen molar-refractivity contribution in [1.82, 2.24) is 0 Å². The second-order valence-electron chi connectivity index (χ2n) is 9.05. The van der Waals surface area contributed by atoms with Gasteiger partial charge in [0.25, 0.3) is 0 Å². The fraction of sp³-hybridized carbons (Fsp3) is 0.714. The van der Waals surface area contributed by atoms with Gasteiger partial charge in [0.15, 0.2) is 0 Å². The molecule has 1 aliphatic rings. The summed E-state index contributed by atoms with van der Waals surface area (Å²) in [6.07, 6.45) is 27.0. The molecule has 0 N–H and O–H groups in total. The summed E-state index contributed by atoms with van der Waals surface area (Å²) in [7, 11) is 0. The zero-order valence-corrected chi connectivity index (χ0v) is 19.2. The Kier molecular flexibility index (Phi) is 14.7. The van der Waals surface area contributed by atoms with Crippen molar-refractivity contribution in [3.05, 3.63) is 42.3 Å². The molecule has 1 aromatic carbocycles. The average molecular weight is 413 g/mol. The maximum Gasteiger partial charge on any atom is 0.206 e. The maximum absolute atomic E-state index is 11.2. The number of hydrogen-bond donors (Lipinski definition) is 0. The largest absolute Gasteiger partial charge is 0.378 e. The van der Waals surface area contributed by atoms with Gasteiger partial charge < -0.3 is 4.74 Å². The molecule has 0 spiro atoms. The van der Waals surface area contributed by atoms with Crippen LogP contribution in [-0.2, 0) is 9.53 Å². The second-order valence-corrected chi connectivity index (χ2v) is 9.05. The van der Waals surface area contributed by atoms with Gasteiger partial charge in [0.2, 0.25) is 6.29 Å². The van der Waals surface area contributed by atoms with Gasteiger partial charge in [-0.1, -0.05) is 101 Å². The molecule has 0 bridgehead atoms. The molecule has 2 heteroatoms. The highest BCUT2D eigenvalue weighted by Crippen LogP contribution is 2.21. The quantitative estimate of drug-likeness (QED) is 0.228. The van der Waals surface area contributed by atoms with Gasteiger partial charge in [-0.25, -0.2) is 0 Å². The highest BCUT2D eigenvalue weighted by molar-refractivity contribution is 5.62. The van der Waals surface area contributed by atoms with Crippen LogP contribution in [0.5, 0.6) is 0 Å². The highest BCUT2D eigenvalue weighted by atomic mass is 16.5. The van der Waals surface area contributed by atoms with E-state index >= 15 is 0 Å². The van der Waals surface area contributed by atoms with Gasteiger partial charge in [0.05, 0.1) is 12.0 Å². The minimum Gasteiger partial charge on any atom is -0.378 e. The predicted octanol–water partition coefficient (Wildman–Crippen LogP) is 8.11. The van der Waals surface area contributed by atoms with E-state index in [4.69, 9.17) is 4.74 Å². The third-order valence-corrected chi connectivity index (χ3v) is 6.47. The van der Waals surface area contributed by atoms with Crippen molar-refractivity contribution >= 4 is 6.29 Å². The van der Waals surface area contributed by atoms with Gasteiger partial charge in [0, 0.05) is 6.61 Å². The van der Waals surface area contributed by atoms with Gasteiger partial charge in [-0.2, -0.15) is 0 Å². The first-order chi connectivity index (χ1) is 14.9. The molecule has 0 heterocycles. The molecule has 0 aromatic heterocycles. The number of rotatable bonds is 18. The molecule has 0 saturated heterocycles. The van der Waals surface area contributed by atoms with E-state index < -0.39 is 0 Å². The summed E-state index contributed by atoms with van der Waals surface area (Å²) in [5.41, 5.74) is 1.11. The van der Waals surface area contributed by atoms with Crippen molar-refractivity contribution in [2.75, 3.05) is 6.61 Å². The van der Waals surface area contributed by atoms with E-state index in [2.05, 4.69) is 12.7 Å². The summed E-state index contributed by atoms with van der Waals surface area (Å²) in [6, 6.07) is 10.1. The van der Waals surface area contributed by atoms with E-state index in [1.165, 1.54) is 96.3 Å². The first-order valence-corrected chi connectivity index (χ1v) is 12.8. The summed E-state index contributed by atoms with van der Waals surface area (Å²) in [5.74, 6) is -0.0383. The Morgan fingerprint density at radius 3 is 1.87 bits per heavy atom. The Labute approximate surface area is 186 Å². The zero-order chi connectivity index (χ0) is 21.1. The van der Waals surface area contributed by atoms with Crippen molar-refractivity contribution < 1.29 is 9.53 Å². The van der Waals surface area contributed by atoms with Crippen LogP contribution >= 0.6 is 0 Å². The Hall–Kier alpha value is -1.15. The van der Waals surface area contributed by atoms with E-state index in [1.54, 1.807) is 0 Å². The molecule has 2 rings (SSSR count). The first kappa shape index (κ1) is 25.1. The summed E-state index contributed by atoms with van der Waals surface area (Å²) in [5, 5.41) is 0. The summed E-state index contributed by atoms with van der Waals surface area (Å²) < 4.78 is 5.99. The van der Waals surface area contributed by atoms with Crippen LogP contribution in [0.25, 0.3) is 0 Å². The summed E-state index contributed by atoms with van der Waals surface area (Å²) in [4.78, 5) is 11.2. The molecular formula is C28H44O2. The Bertz CT molecular complexity index is 507. The van der Waals surface area contributed by atoms with E-state index in [1.807, 2.05) is 30.3 Å². The molecule has 0 amide bonds. The lowest BCUT2D eigenvalue weighted by atomic mass is 9.94. The predicted molar refractivity (Wildman–Crippen MR) is 127 cm³/mol. The molecule has 168 valence electrons. The lowest BCUT2D eigenvalue weighted by Crippen LogP contribution is -2.17. The average Bonchev–Trinajstić information content (AvgIpc) is 2.80. The fourth-order valence-corrected chi connectivity index (χ4v) is 4.51. The van der Waals surface area contributed by atoms with Gasteiger partial charge in [-0.15, -0.1) is 0 Å². The van der Waals surface area contributed by atoms with E-state index in [0.29, 0.717) is 6.10 Å². The SMILES string of the molecule is O=[C]C(CCCCCCCCCCCCCCOC1CC[CH]CC1)c1ccccc1. The van der Waals surface area contributed by atoms with Crippen LogP contribution in [0.2, 0.25) is 0 Å². The molecule has 2 nitrogen and oxygen atoms in total. The Balaban J connectivity index is 1.29. The van der Waals surface area contributed by atoms with Crippen LogP contribution in [-0.4, -0.2) is 19.0 Å². The molecule has 1 aromatic rings. The third-order valence-electron chi connectivity index (χ3n) is 6.47. The molecule has 1 unspecified atom stereocenters. The number of ether oxygens (including phenoxy) is 1. The highest BCUT2D eigenvalue weighted by Gasteiger charge is 2.13. The molecule has 1 fully saturated rings. The molecule has 2 radical (unpaired) electrons. The second kappa shape index (κ2) is 17.5.